The first kappa shape index (κ1) is 17.4. The van der Waals surface area contributed by atoms with Crippen LogP contribution in [0.4, 0.5) is 11.5 Å². The molecule has 0 radical (unpaired) electrons. The van der Waals surface area contributed by atoms with Gasteiger partial charge in [0, 0.05) is 26.0 Å². The van der Waals surface area contributed by atoms with Crippen molar-refractivity contribution in [1.29, 1.82) is 5.26 Å². The van der Waals surface area contributed by atoms with E-state index < -0.39 is 0 Å². The second kappa shape index (κ2) is 6.84. The fourth-order valence-corrected chi connectivity index (χ4v) is 2.84. The highest BCUT2D eigenvalue weighted by Gasteiger charge is 2.14. The van der Waals surface area contributed by atoms with E-state index in [1.807, 2.05) is 36.6 Å². The monoisotopic (exact) mass is 348 g/mol. The highest BCUT2D eigenvalue weighted by Crippen LogP contribution is 2.28. The summed E-state index contributed by atoms with van der Waals surface area (Å²) in [5, 5.41) is 12.4. The summed E-state index contributed by atoms with van der Waals surface area (Å²) >= 11 is 0. The molecule has 0 spiro atoms. The molecule has 3 aromatic rings. The first-order valence-corrected chi connectivity index (χ1v) is 8.19. The number of anilines is 2. The molecule has 2 heterocycles. The zero-order valence-corrected chi connectivity index (χ0v) is 15.2. The number of carbonyl (C=O) groups excluding carboxylic acids is 1. The van der Waals surface area contributed by atoms with Gasteiger partial charge in [-0.25, -0.2) is 9.97 Å². The predicted molar refractivity (Wildman–Crippen MR) is 100 cm³/mol. The number of hydrogen-bond donors (Lipinski definition) is 1. The first-order valence-electron chi connectivity index (χ1n) is 8.19. The number of likely N-dealkylation sites (N-methyl/N-ethyl adjacent to an activating group) is 1. The van der Waals surface area contributed by atoms with Gasteiger partial charge in [-0.15, -0.1) is 0 Å². The van der Waals surface area contributed by atoms with E-state index in [0.29, 0.717) is 16.9 Å². The molecule has 0 bridgehead atoms. The van der Waals surface area contributed by atoms with E-state index in [1.165, 1.54) is 0 Å². The van der Waals surface area contributed by atoms with Crippen LogP contribution in [0.1, 0.15) is 16.7 Å². The Hall–Kier alpha value is -3.40. The van der Waals surface area contributed by atoms with Gasteiger partial charge in [0.05, 0.1) is 23.5 Å². The molecule has 0 atom stereocenters. The van der Waals surface area contributed by atoms with Crippen LogP contribution in [0.25, 0.3) is 11.0 Å². The quantitative estimate of drug-likeness (QED) is 0.783. The lowest BCUT2D eigenvalue weighted by Crippen LogP contribution is -2.25. The second-order valence-electron chi connectivity index (χ2n) is 6.41. The highest BCUT2D eigenvalue weighted by molar-refractivity contribution is 5.89. The van der Waals surface area contributed by atoms with Crippen LogP contribution < -0.4 is 5.32 Å². The Balaban J connectivity index is 1.99. The fraction of sp³-hybridized carbons (Fsp3) is 0.263. The van der Waals surface area contributed by atoms with E-state index in [1.54, 1.807) is 31.5 Å². The molecule has 2 aromatic heterocycles. The molecule has 0 saturated heterocycles. The van der Waals surface area contributed by atoms with Crippen LogP contribution in [0.5, 0.6) is 0 Å². The summed E-state index contributed by atoms with van der Waals surface area (Å²) in [6, 6.07) is 7.68. The minimum atomic E-state index is -0.00518. The Kier molecular flexibility index (Phi) is 4.59. The number of benzene rings is 1. The SMILES string of the molecule is Cc1cc(C#N)cc(C)c1Nc1nccc2c1ncn2CC(=O)N(C)C. The maximum Gasteiger partial charge on any atom is 0.242 e. The lowest BCUT2D eigenvalue weighted by Gasteiger charge is -2.13. The molecule has 1 N–H and O–H groups in total. The number of aryl methyl sites for hydroxylation is 2. The molecule has 132 valence electrons. The third kappa shape index (κ3) is 3.22. The van der Waals surface area contributed by atoms with E-state index in [9.17, 15) is 4.79 Å². The van der Waals surface area contributed by atoms with E-state index in [-0.39, 0.29) is 12.5 Å². The molecular weight excluding hydrogens is 328 g/mol. The average molecular weight is 348 g/mol. The van der Waals surface area contributed by atoms with Crippen LogP contribution in [0, 0.1) is 25.2 Å². The van der Waals surface area contributed by atoms with Gasteiger partial charge in [-0.05, 0) is 43.2 Å². The van der Waals surface area contributed by atoms with Crippen molar-refractivity contribution in [3.63, 3.8) is 0 Å². The van der Waals surface area contributed by atoms with E-state index >= 15 is 0 Å². The molecule has 3 rings (SSSR count). The van der Waals surface area contributed by atoms with Gasteiger partial charge in [0.1, 0.15) is 12.1 Å². The van der Waals surface area contributed by atoms with Crippen molar-refractivity contribution in [1.82, 2.24) is 19.4 Å². The largest absolute Gasteiger partial charge is 0.347 e. The highest BCUT2D eigenvalue weighted by atomic mass is 16.2. The van der Waals surface area contributed by atoms with Crippen molar-refractivity contribution in [2.75, 3.05) is 19.4 Å². The maximum absolute atomic E-state index is 12.0. The lowest BCUT2D eigenvalue weighted by atomic mass is 10.0. The van der Waals surface area contributed by atoms with Crippen LogP contribution in [0.2, 0.25) is 0 Å². The Morgan fingerprint density at radius 3 is 2.58 bits per heavy atom. The summed E-state index contributed by atoms with van der Waals surface area (Å²) in [4.78, 5) is 22.4. The van der Waals surface area contributed by atoms with E-state index in [2.05, 4.69) is 21.4 Å². The van der Waals surface area contributed by atoms with Gasteiger partial charge in [0.25, 0.3) is 0 Å². The normalized spacial score (nSPS) is 10.6. The number of fused-ring (bicyclic) bond motifs is 1. The predicted octanol–water partition coefficient (Wildman–Crippen LogP) is 2.75. The summed E-state index contributed by atoms with van der Waals surface area (Å²) in [6.07, 6.45) is 3.34. The van der Waals surface area contributed by atoms with Gasteiger partial charge < -0.3 is 14.8 Å². The minimum Gasteiger partial charge on any atom is -0.347 e. The van der Waals surface area contributed by atoms with Crippen molar-refractivity contribution < 1.29 is 4.79 Å². The molecule has 1 amide bonds. The second-order valence-corrected chi connectivity index (χ2v) is 6.41. The van der Waals surface area contributed by atoms with Crippen molar-refractivity contribution in [2.45, 2.75) is 20.4 Å². The lowest BCUT2D eigenvalue weighted by molar-refractivity contribution is -0.129. The smallest absolute Gasteiger partial charge is 0.242 e. The van der Waals surface area contributed by atoms with Gasteiger partial charge in [0.2, 0.25) is 5.91 Å². The third-order valence-electron chi connectivity index (χ3n) is 4.25. The Morgan fingerprint density at radius 1 is 1.27 bits per heavy atom. The van der Waals surface area contributed by atoms with Gasteiger partial charge in [-0.1, -0.05) is 0 Å². The van der Waals surface area contributed by atoms with Crippen LogP contribution >= 0.6 is 0 Å². The number of nitrogens with zero attached hydrogens (tertiary/aromatic N) is 5. The molecule has 1 aromatic carbocycles. The topological polar surface area (TPSA) is 86.8 Å². The molecule has 0 unspecified atom stereocenters. The molecule has 0 aliphatic rings. The van der Waals surface area contributed by atoms with Crippen LogP contribution in [0.3, 0.4) is 0 Å². The van der Waals surface area contributed by atoms with Crippen LogP contribution in [-0.4, -0.2) is 39.4 Å². The van der Waals surface area contributed by atoms with Crippen molar-refractivity contribution in [2.24, 2.45) is 0 Å². The van der Waals surface area contributed by atoms with E-state index in [0.717, 1.165) is 22.3 Å². The zero-order chi connectivity index (χ0) is 18.8. The molecular formula is C19H20N6O. The molecule has 0 fully saturated rings. The molecule has 7 heteroatoms. The average Bonchev–Trinajstić information content (AvgIpc) is 3.01. The number of imidazole rings is 1. The Labute approximate surface area is 151 Å². The van der Waals surface area contributed by atoms with Gasteiger partial charge in [-0.3, -0.25) is 4.79 Å². The first-order chi connectivity index (χ1) is 12.4. The number of nitriles is 1. The number of pyridine rings is 1. The maximum atomic E-state index is 12.0. The summed E-state index contributed by atoms with van der Waals surface area (Å²) in [6.45, 7) is 4.12. The van der Waals surface area contributed by atoms with Crippen molar-refractivity contribution in [3.8, 4) is 6.07 Å². The molecule has 0 saturated carbocycles. The Bertz CT molecular complexity index is 1010. The summed E-state index contributed by atoms with van der Waals surface area (Å²) in [5.41, 5.74) is 4.99. The van der Waals surface area contributed by atoms with Crippen LogP contribution in [0.15, 0.2) is 30.7 Å². The van der Waals surface area contributed by atoms with E-state index in [4.69, 9.17) is 5.26 Å². The number of rotatable bonds is 4. The fourth-order valence-electron chi connectivity index (χ4n) is 2.84. The van der Waals surface area contributed by atoms with Crippen molar-refractivity contribution in [3.05, 3.63) is 47.4 Å². The number of carbonyl (C=O) groups is 1. The number of nitrogens with one attached hydrogen (secondary N) is 1. The standard InChI is InChI=1S/C19H20N6O/c1-12-7-14(9-20)8-13(2)17(12)23-19-18-15(5-6-21-19)25(11-22-18)10-16(26)24(3)4/h5-8,11H,10H2,1-4H3,(H,21,23). The molecule has 7 nitrogen and oxygen atoms in total. The number of amides is 1. The summed E-state index contributed by atoms with van der Waals surface area (Å²) < 4.78 is 1.81. The Morgan fingerprint density at radius 2 is 1.96 bits per heavy atom. The van der Waals surface area contributed by atoms with Crippen molar-refractivity contribution >= 4 is 28.4 Å². The number of aromatic nitrogens is 3. The number of hydrogen-bond acceptors (Lipinski definition) is 5. The molecule has 0 aliphatic heterocycles. The van der Waals surface area contributed by atoms with Gasteiger partial charge in [-0.2, -0.15) is 5.26 Å². The summed E-state index contributed by atoms with van der Waals surface area (Å²) in [7, 11) is 3.46. The van der Waals surface area contributed by atoms with Gasteiger partial charge >= 0.3 is 0 Å². The molecule has 26 heavy (non-hydrogen) atoms. The van der Waals surface area contributed by atoms with Crippen LogP contribution in [-0.2, 0) is 11.3 Å². The zero-order valence-electron chi connectivity index (χ0n) is 15.2. The third-order valence-corrected chi connectivity index (χ3v) is 4.25. The van der Waals surface area contributed by atoms with Gasteiger partial charge in [0.15, 0.2) is 5.82 Å². The molecule has 0 aliphatic carbocycles. The minimum absolute atomic E-state index is 0.00518. The summed E-state index contributed by atoms with van der Waals surface area (Å²) in [5.74, 6) is 0.615.